The largest absolute Gasteiger partial charge is 0.488 e. The smallest absolute Gasteiger partial charge is 0.416 e. The molecule has 8 heteroatoms. The highest BCUT2D eigenvalue weighted by molar-refractivity contribution is 6.06. The second-order valence-electron chi connectivity index (χ2n) is 7.00. The molecule has 0 spiro atoms. The van der Waals surface area contributed by atoms with Crippen LogP contribution >= 0.6 is 0 Å². The quantitative estimate of drug-likeness (QED) is 0.386. The average molecular weight is 421 g/mol. The van der Waals surface area contributed by atoms with Gasteiger partial charge in [0.1, 0.15) is 0 Å². The molecule has 0 N–H and O–H groups in total. The van der Waals surface area contributed by atoms with Crippen molar-refractivity contribution in [2.24, 2.45) is 0 Å². The van der Waals surface area contributed by atoms with Crippen molar-refractivity contribution in [1.29, 1.82) is 0 Å². The topological polar surface area (TPSA) is 48.4 Å². The molecule has 0 aliphatic heterocycles. The van der Waals surface area contributed by atoms with E-state index in [4.69, 9.17) is 9.47 Å². The van der Waals surface area contributed by atoms with Crippen molar-refractivity contribution in [1.82, 2.24) is 4.98 Å². The summed E-state index contributed by atoms with van der Waals surface area (Å²) in [5.41, 5.74) is 0.00552. The summed E-state index contributed by atoms with van der Waals surface area (Å²) in [5.74, 6) is -1.50. The van der Waals surface area contributed by atoms with Crippen LogP contribution in [0.1, 0.15) is 35.3 Å². The number of halogens is 4. The Morgan fingerprint density at radius 1 is 1.13 bits per heavy atom. The number of esters is 1. The summed E-state index contributed by atoms with van der Waals surface area (Å²) >= 11 is 0. The Kier molecular flexibility index (Phi) is 5.70. The van der Waals surface area contributed by atoms with E-state index in [0.717, 1.165) is 18.2 Å². The Hall–Kier alpha value is -3.16. The summed E-state index contributed by atoms with van der Waals surface area (Å²) in [6, 6.07) is 7.08. The second-order valence-corrected chi connectivity index (χ2v) is 7.00. The van der Waals surface area contributed by atoms with E-state index in [1.807, 2.05) is 0 Å². The van der Waals surface area contributed by atoms with Gasteiger partial charge in [0.2, 0.25) is 0 Å². The summed E-state index contributed by atoms with van der Waals surface area (Å²) in [7, 11) is 1.17. The van der Waals surface area contributed by atoms with Gasteiger partial charge in [-0.3, -0.25) is 0 Å². The maximum atomic E-state index is 14.5. The molecule has 0 fully saturated rings. The first kappa shape index (κ1) is 21.5. The number of carbonyl (C=O) groups is 1. The number of pyridine rings is 1. The van der Waals surface area contributed by atoms with E-state index in [1.54, 1.807) is 13.8 Å². The number of fused-ring (bicyclic) bond motifs is 1. The second kappa shape index (κ2) is 7.93. The first-order valence-electron chi connectivity index (χ1n) is 9.09. The number of rotatable bonds is 4. The summed E-state index contributed by atoms with van der Waals surface area (Å²) in [4.78, 5) is 16.9. The number of benzene rings is 2. The first-order valence-corrected chi connectivity index (χ1v) is 9.09. The monoisotopic (exact) mass is 421 g/mol. The molecule has 2 aromatic carbocycles. The molecule has 0 radical (unpaired) electrons. The van der Waals surface area contributed by atoms with Crippen LogP contribution in [0.2, 0.25) is 0 Å². The van der Waals surface area contributed by atoms with Gasteiger partial charge in [-0.2, -0.15) is 13.2 Å². The number of ether oxygens (including phenoxy) is 2. The third-order valence-electron chi connectivity index (χ3n) is 4.50. The van der Waals surface area contributed by atoms with Gasteiger partial charge in [0.15, 0.2) is 11.6 Å². The summed E-state index contributed by atoms with van der Waals surface area (Å²) in [6.45, 7) is 4.98. The molecule has 0 bridgehead atoms. The highest BCUT2D eigenvalue weighted by atomic mass is 19.4. The van der Waals surface area contributed by atoms with Gasteiger partial charge in [-0.15, -0.1) is 0 Å². The van der Waals surface area contributed by atoms with Gasteiger partial charge in [0.25, 0.3) is 0 Å². The Morgan fingerprint density at radius 2 is 1.83 bits per heavy atom. The zero-order chi connectivity index (χ0) is 22.2. The molecular weight excluding hydrogens is 402 g/mol. The van der Waals surface area contributed by atoms with Crippen molar-refractivity contribution >= 4 is 16.9 Å². The fourth-order valence-electron chi connectivity index (χ4n) is 3.19. The molecular formula is C22H19F4NO3. The predicted octanol–water partition coefficient (Wildman–Crippen LogP) is 5.94. The number of hydrogen-bond donors (Lipinski definition) is 0. The molecule has 3 aromatic rings. The van der Waals surface area contributed by atoms with Crippen LogP contribution in [0.25, 0.3) is 22.2 Å². The zero-order valence-electron chi connectivity index (χ0n) is 16.7. The zero-order valence-corrected chi connectivity index (χ0v) is 16.7. The van der Waals surface area contributed by atoms with Crippen molar-refractivity contribution < 1.29 is 31.8 Å². The molecule has 1 heterocycles. The van der Waals surface area contributed by atoms with Crippen molar-refractivity contribution in [3.63, 3.8) is 0 Å². The highest BCUT2D eigenvalue weighted by Gasteiger charge is 2.31. The summed E-state index contributed by atoms with van der Waals surface area (Å²) in [5, 5.41) is 0.184. The molecule has 0 aliphatic rings. The molecule has 0 amide bonds. The standard InChI is InChI=1S/C22H19F4NO3/c1-11(2)30-18-10-17-15(9-16(18)23)19(21(28)29-4)12(3)20(27-17)13-6-5-7-14(8-13)22(24,25)26/h5-11H,1-4H3. The van der Waals surface area contributed by atoms with Crippen LogP contribution in [-0.2, 0) is 10.9 Å². The van der Waals surface area contributed by atoms with Crippen LogP contribution in [0.15, 0.2) is 36.4 Å². The summed E-state index contributed by atoms with van der Waals surface area (Å²) < 4.78 is 64.3. The third-order valence-corrected chi connectivity index (χ3v) is 4.50. The van der Waals surface area contributed by atoms with E-state index in [2.05, 4.69) is 4.98 Å². The lowest BCUT2D eigenvalue weighted by Crippen LogP contribution is -2.10. The third kappa shape index (κ3) is 4.08. The van der Waals surface area contributed by atoms with Crippen LogP contribution < -0.4 is 4.74 Å². The van der Waals surface area contributed by atoms with Crippen molar-refractivity contribution in [2.75, 3.05) is 7.11 Å². The van der Waals surface area contributed by atoms with Crippen LogP contribution in [0.4, 0.5) is 17.6 Å². The fourth-order valence-corrected chi connectivity index (χ4v) is 3.19. The Bertz CT molecular complexity index is 1120. The van der Waals surface area contributed by atoms with Gasteiger partial charge in [0.05, 0.1) is 35.6 Å². The molecule has 0 aliphatic carbocycles. The van der Waals surface area contributed by atoms with Gasteiger partial charge in [-0.1, -0.05) is 12.1 Å². The fraction of sp³-hybridized carbons (Fsp3) is 0.273. The van der Waals surface area contributed by atoms with Gasteiger partial charge >= 0.3 is 12.1 Å². The minimum absolute atomic E-state index is 0.0323. The number of alkyl halides is 3. The van der Waals surface area contributed by atoms with Crippen LogP contribution in [0.3, 0.4) is 0 Å². The molecule has 0 saturated carbocycles. The minimum Gasteiger partial charge on any atom is -0.488 e. The number of aromatic nitrogens is 1. The normalized spacial score (nSPS) is 11.8. The molecule has 3 rings (SSSR count). The lowest BCUT2D eigenvalue weighted by Gasteiger charge is -2.16. The van der Waals surface area contributed by atoms with Crippen molar-refractivity contribution in [3.05, 3.63) is 58.9 Å². The number of hydrogen-bond acceptors (Lipinski definition) is 4. The van der Waals surface area contributed by atoms with E-state index in [-0.39, 0.29) is 45.1 Å². The molecule has 30 heavy (non-hydrogen) atoms. The first-order chi connectivity index (χ1) is 14.0. The van der Waals surface area contributed by atoms with E-state index < -0.39 is 23.5 Å². The lowest BCUT2D eigenvalue weighted by atomic mass is 9.96. The Morgan fingerprint density at radius 3 is 2.43 bits per heavy atom. The number of methoxy groups -OCH3 is 1. The van der Waals surface area contributed by atoms with Gasteiger partial charge in [-0.05, 0) is 44.5 Å². The molecule has 1 aromatic heterocycles. The van der Waals surface area contributed by atoms with E-state index in [0.29, 0.717) is 0 Å². The van der Waals surface area contributed by atoms with Crippen LogP contribution in [-0.4, -0.2) is 24.2 Å². The molecule has 4 nitrogen and oxygen atoms in total. The molecule has 158 valence electrons. The maximum Gasteiger partial charge on any atom is 0.416 e. The van der Waals surface area contributed by atoms with Gasteiger partial charge in [0, 0.05) is 17.0 Å². The number of nitrogens with zero attached hydrogens (tertiary/aromatic N) is 1. The van der Waals surface area contributed by atoms with Gasteiger partial charge in [-0.25, -0.2) is 14.2 Å². The van der Waals surface area contributed by atoms with E-state index in [9.17, 15) is 22.4 Å². The van der Waals surface area contributed by atoms with Crippen LogP contribution in [0.5, 0.6) is 5.75 Å². The minimum atomic E-state index is -4.53. The van der Waals surface area contributed by atoms with Crippen LogP contribution in [0, 0.1) is 12.7 Å². The van der Waals surface area contributed by atoms with E-state index in [1.165, 1.54) is 32.2 Å². The highest BCUT2D eigenvalue weighted by Crippen LogP contribution is 2.36. The Balaban J connectivity index is 2.33. The SMILES string of the molecule is COC(=O)c1c(C)c(-c2cccc(C(F)(F)F)c2)nc2cc(OC(C)C)c(F)cc12. The summed E-state index contributed by atoms with van der Waals surface area (Å²) in [6.07, 6.45) is -4.85. The lowest BCUT2D eigenvalue weighted by molar-refractivity contribution is -0.137. The molecule has 0 saturated heterocycles. The molecule has 0 unspecified atom stereocenters. The Labute approximate surface area is 170 Å². The number of carbonyl (C=O) groups excluding carboxylic acids is 1. The van der Waals surface area contributed by atoms with E-state index >= 15 is 0 Å². The predicted molar refractivity (Wildman–Crippen MR) is 104 cm³/mol. The van der Waals surface area contributed by atoms with Crippen molar-refractivity contribution in [3.8, 4) is 17.0 Å². The average Bonchev–Trinajstić information content (AvgIpc) is 2.67. The molecule has 0 atom stereocenters. The van der Waals surface area contributed by atoms with Crippen molar-refractivity contribution in [2.45, 2.75) is 33.1 Å². The van der Waals surface area contributed by atoms with Gasteiger partial charge < -0.3 is 9.47 Å². The maximum absolute atomic E-state index is 14.5.